The SMILES string of the molecule is C=CC(=O)N1CC[C@@H](N2C=CN(c3ccc(OCc4ccc(C(F)(F)F)cc4)cc3)C2)C1. The number of likely N-dealkylation sites (tertiary alicyclic amines) is 1. The molecule has 0 unspecified atom stereocenters. The highest BCUT2D eigenvalue weighted by molar-refractivity contribution is 5.87. The van der Waals surface area contributed by atoms with Gasteiger partial charge in [-0.3, -0.25) is 4.79 Å². The quantitative estimate of drug-likeness (QED) is 0.611. The number of hydrogen-bond donors (Lipinski definition) is 0. The van der Waals surface area contributed by atoms with Crippen molar-refractivity contribution < 1.29 is 22.7 Å². The van der Waals surface area contributed by atoms with E-state index in [0.29, 0.717) is 24.5 Å². The lowest BCUT2D eigenvalue weighted by atomic mass is 10.1. The van der Waals surface area contributed by atoms with Crippen LogP contribution in [0.3, 0.4) is 0 Å². The third kappa shape index (κ3) is 4.90. The molecule has 5 nitrogen and oxygen atoms in total. The van der Waals surface area contributed by atoms with Crippen molar-refractivity contribution in [1.29, 1.82) is 0 Å². The second kappa shape index (κ2) is 8.98. The highest BCUT2D eigenvalue weighted by atomic mass is 19.4. The number of alkyl halides is 3. The van der Waals surface area contributed by atoms with E-state index in [0.717, 1.165) is 30.8 Å². The fraction of sp³-hybridized carbons (Fsp3) is 0.292. The summed E-state index contributed by atoms with van der Waals surface area (Å²) in [6.45, 7) is 5.88. The van der Waals surface area contributed by atoms with Crippen LogP contribution < -0.4 is 9.64 Å². The molecule has 0 aromatic heterocycles. The summed E-state index contributed by atoms with van der Waals surface area (Å²) in [5.41, 5.74) is 0.999. The Kier molecular flexibility index (Phi) is 6.12. The van der Waals surface area contributed by atoms with Gasteiger partial charge in [0.2, 0.25) is 5.91 Å². The third-order valence-electron chi connectivity index (χ3n) is 5.73. The molecule has 0 spiro atoms. The van der Waals surface area contributed by atoms with Crippen LogP contribution in [0, 0.1) is 0 Å². The molecule has 1 amide bonds. The van der Waals surface area contributed by atoms with Crippen molar-refractivity contribution >= 4 is 11.6 Å². The van der Waals surface area contributed by atoms with Crippen LogP contribution in [-0.2, 0) is 17.6 Å². The van der Waals surface area contributed by atoms with E-state index < -0.39 is 11.7 Å². The zero-order valence-electron chi connectivity index (χ0n) is 17.5. The predicted molar refractivity (Wildman–Crippen MR) is 116 cm³/mol. The highest BCUT2D eigenvalue weighted by Crippen LogP contribution is 2.30. The zero-order chi connectivity index (χ0) is 22.7. The molecule has 0 radical (unpaired) electrons. The van der Waals surface area contributed by atoms with Crippen LogP contribution in [0.1, 0.15) is 17.5 Å². The highest BCUT2D eigenvalue weighted by Gasteiger charge is 2.31. The summed E-state index contributed by atoms with van der Waals surface area (Å²) in [6, 6.07) is 12.8. The van der Waals surface area contributed by atoms with Gasteiger partial charge in [-0.05, 0) is 54.5 Å². The molecule has 2 aromatic rings. The van der Waals surface area contributed by atoms with Gasteiger partial charge < -0.3 is 19.4 Å². The number of hydrogen-bond acceptors (Lipinski definition) is 4. The number of carbonyl (C=O) groups is 1. The lowest BCUT2D eigenvalue weighted by molar-refractivity contribution is -0.137. The van der Waals surface area contributed by atoms with Crippen molar-refractivity contribution in [2.45, 2.75) is 25.2 Å². The second-order valence-corrected chi connectivity index (χ2v) is 7.83. The number of rotatable bonds is 6. The van der Waals surface area contributed by atoms with Crippen LogP contribution in [0.15, 0.2) is 73.6 Å². The van der Waals surface area contributed by atoms with Gasteiger partial charge in [-0.1, -0.05) is 18.7 Å². The van der Waals surface area contributed by atoms with Gasteiger partial charge in [0.25, 0.3) is 0 Å². The Morgan fingerprint density at radius 2 is 1.81 bits per heavy atom. The third-order valence-corrected chi connectivity index (χ3v) is 5.73. The molecule has 0 bridgehead atoms. The Balaban J connectivity index is 1.28. The number of carbonyl (C=O) groups excluding carboxylic acids is 1. The van der Waals surface area contributed by atoms with E-state index in [1.807, 2.05) is 41.6 Å². The molecule has 8 heteroatoms. The predicted octanol–water partition coefficient (Wildman–Crippen LogP) is 4.62. The molecule has 1 fully saturated rings. The van der Waals surface area contributed by atoms with E-state index >= 15 is 0 Å². The Morgan fingerprint density at radius 3 is 2.47 bits per heavy atom. The fourth-order valence-corrected chi connectivity index (χ4v) is 3.87. The number of halogens is 3. The van der Waals surface area contributed by atoms with E-state index in [2.05, 4.69) is 16.4 Å². The van der Waals surface area contributed by atoms with Crippen molar-refractivity contribution in [1.82, 2.24) is 9.80 Å². The Labute approximate surface area is 185 Å². The van der Waals surface area contributed by atoms with Crippen LogP contribution in [0.2, 0.25) is 0 Å². The molecule has 4 rings (SSSR count). The summed E-state index contributed by atoms with van der Waals surface area (Å²) in [4.78, 5) is 17.9. The van der Waals surface area contributed by atoms with E-state index in [1.165, 1.54) is 18.2 Å². The maximum atomic E-state index is 12.7. The first-order valence-corrected chi connectivity index (χ1v) is 10.3. The van der Waals surface area contributed by atoms with Gasteiger partial charge in [0.1, 0.15) is 12.4 Å². The van der Waals surface area contributed by atoms with Gasteiger partial charge in [0.05, 0.1) is 12.2 Å². The fourth-order valence-electron chi connectivity index (χ4n) is 3.87. The minimum atomic E-state index is -4.34. The number of amides is 1. The zero-order valence-corrected chi connectivity index (χ0v) is 17.5. The first kappa shape index (κ1) is 21.8. The summed E-state index contributed by atoms with van der Waals surface area (Å²) in [7, 11) is 0. The number of nitrogens with zero attached hydrogens (tertiary/aromatic N) is 3. The number of anilines is 1. The Hall–Kier alpha value is -3.42. The Bertz CT molecular complexity index is 987. The lowest BCUT2D eigenvalue weighted by Crippen LogP contribution is -2.37. The van der Waals surface area contributed by atoms with Crippen LogP contribution in [0.25, 0.3) is 0 Å². The van der Waals surface area contributed by atoms with Crippen molar-refractivity contribution in [3.8, 4) is 5.75 Å². The number of benzene rings is 2. The molecule has 168 valence electrons. The molecular formula is C24H24F3N3O2. The standard InChI is InChI=1S/C24H24F3N3O2/c1-2-23(31)28-12-11-21(15-28)30-14-13-29(17-30)20-7-9-22(10-8-20)32-16-18-3-5-19(6-4-18)24(25,26)27/h2-10,13-14,21H,1,11-12,15-17H2/t21-/m1/s1. The van der Waals surface area contributed by atoms with Gasteiger partial charge in [-0.15, -0.1) is 0 Å². The van der Waals surface area contributed by atoms with Crippen molar-refractivity contribution in [2.75, 3.05) is 24.7 Å². The molecule has 1 saturated heterocycles. The molecule has 32 heavy (non-hydrogen) atoms. The van der Waals surface area contributed by atoms with Crippen LogP contribution in [-0.4, -0.2) is 41.5 Å². The summed E-state index contributed by atoms with van der Waals surface area (Å²) >= 11 is 0. The molecule has 0 saturated carbocycles. The van der Waals surface area contributed by atoms with Crippen molar-refractivity contribution in [3.63, 3.8) is 0 Å². The minimum Gasteiger partial charge on any atom is -0.489 e. The van der Waals surface area contributed by atoms with Crippen LogP contribution in [0.5, 0.6) is 5.75 Å². The first-order chi connectivity index (χ1) is 15.3. The van der Waals surface area contributed by atoms with Crippen LogP contribution >= 0.6 is 0 Å². The molecular weight excluding hydrogens is 419 g/mol. The summed E-state index contributed by atoms with van der Waals surface area (Å²) in [6.07, 6.45) is 2.00. The molecule has 2 aliphatic heterocycles. The lowest BCUT2D eigenvalue weighted by Gasteiger charge is -2.26. The maximum absolute atomic E-state index is 12.7. The largest absolute Gasteiger partial charge is 0.489 e. The smallest absolute Gasteiger partial charge is 0.416 e. The average Bonchev–Trinajstić information content (AvgIpc) is 3.47. The summed E-state index contributed by atoms with van der Waals surface area (Å²) in [5.74, 6) is 0.613. The average molecular weight is 443 g/mol. The first-order valence-electron chi connectivity index (χ1n) is 10.3. The van der Waals surface area contributed by atoms with Crippen molar-refractivity contribution in [3.05, 3.63) is 84.7 Å². The number of ether oxygens (including phenoxy) is 1. The maximum Gasteiger partial charge on any atom is 0.416 e. The van der Waals surface area contributed by atoms with Gasteiger partial charge >= 0.3 is 6.18 Å². The van der Waals surface area contributed by atoms with E-state index in [1.54, 1.807) is 0 Å². The van der Waals surface area contributed by atoms with Gasteiger partial charge in [-0.2, -0.15) is 13.2 Å². The topological polar surface area (TPSA) is 36.0 Å². The second-order valence-electron chi connectivity index (χ2n) is 7.83. The molecule has 2 heterocycles. The van der Waals surface area contributed by atoms with E-state index in [4.69, 9.17) is 4.74 Å². The van der Waals surface area contributed by atoms with Gasteiger partial charge in [0, 0.05) is 37.2 Å². The Morgan fingerprint density at radius 1 is 1.09 bits per heavy atom. The van der Waals surface area contributed by atoms with Crippen LogP contribution in [0.4, 0.5) is 18.9 Å². The van der Waals surface area contributed by atoms with E-state index in [9.17, 15) is 18.0 Å². The normalized spacial score (nSPS) is 18.3. The van der Waals surface area contributed by atoms with Crippen molar-refractivity contribution in [2.24, 2.45) is 0 Å². The molecule has 0 aliphatic carbocycles. The summed E-state index contributed by atoms with van der Waals surface area (Å²) < 4.78 is 43.7. The van der Waals surface area contributed by atoms with E-state index in [-0.39, 0.29) is 18.6 Å². The molecule has 2 aliphatic rings. The van der Waals surface area contributed by atoms with Gasteiger partial charge in [-0.25, -0.2) is 0 Å². The molecule has 0 N–H and O–H groups in total. The molecule has 1 atom stereocenters. The summed E-state index contributed by atoms with van der Waals surface area (Å²) in [5, 5.41) is 0. The minimum absolute atomic E-state index is 0.0283. The van der Waals surface area contributed by atoms with Gasteiger partial charge in [0.15, 0.2) is 0 Å². The monoisotopic (exact) mass is 443 g/mol. The molecule has 2 aromatic carbocycles.